The van der Waals surface area contributed by atoms with Crippen LogP contribution in [0.3, 0.4) is 0 Å². The molecule has 2 unspecified atom stereocenters. The van der Waals surface area contributed by atoms with Gasteiger partial charge in [-0.25, -0.2) is 4.39 Å². The topological polar surface area (TPSA) is 46.3 Å². The fourth-order valence-electron chi connectivity index (χ4n) is 2.54. The molecule has 2 rings (SSSR count). The van der Waals surface area contributed by atoms with Crippen LogP contribution in [0.1, 0.15) is 29.3 Å². The third-order valence-corrected chi connectivity index (χ3v) is 3.33. The first-order chi connectivity index (χ1) is 8.47. The van der Waals surface area contributed by atoms with Crippen molar-refractivity contribution in [3.63, 3.8) is 0 Å². The Bertz CT molecular complexity index is 451. The number of halogens is 1. The number of rotatable bonds is 1. The predicted octanol–water partition coefficient (Wildman–Crippen LogP) is 1.94. The van der Waals surface area contributed by atoms with E-state index in [9.17, 15) is 9.18 Å². The molecule has 1 aromatic rings. The summed E-state index contributed by atoms with van der Waals surface area (Å²) in [6.07, 6.45) is 0.917. The molecular formula is C14H19FN2O. The maximum Gasteiger partial charge on any atom is 0.256 e. The van der Waals surface area contributed by atoms with Gasteiger partial charge in [0.25, 0.3) is 5.91 Å². The summed E-state index contributed by atoms with van der Waals surface area (Å²) in [4.78, 5) is 14.0. The summed E-state index contributed by atoms with van der Waals surface area (Å²) in [7, 11) is 0. The highest BCUT2D eigenvalue weighted by Gasteiger charge is 2.27. The van der Waals surface area contributed by atoms with Gasteiger partial charge in [0.1, 0.15) is 5.82 Å². The molecule has 4 heteroatoms. The Morgan fingerprint density at radius 1 is 1.44 bits per heavy atom. The van der Waals surface area contributed by atoms with Crippen LogP contribution in [-0.2, 0) is 0 Å². The van der Waals surface area contributed by atoms with E-state index in [0.717, 1.165) is 12.0 Å². The third-order valence-electron chi connectivity index (χ3n) is 3.33. The number of amides is 1. The number of benzene rings is 1. The SMILES string of the molecule is Cc1ccc(F)c(C(=O)N2CC(C)CC(N)C2)c1. The first kappa shape index (κ1) is 13.0. The number of nitrogens with zero attached hydrogens (tertiary/aromatic N) is 1. The van der Waals surface area contributed by atoms with Gasteiger partial charge in [-0.15, -0.1) is 0 Å². The van der Waals surface area contributed by atoms with Gasteiger partial charge in [-0.3, -0.25) is 4.79 Å². The van der Waals surface area contributed by atoms with Crippen LogP contribution in [0.25, 0.3) is 0 Å². The number of likely N-dealkylation sites (tertiary alicyclic amines) is 1. The second kappa shape index (κ2) is 5.06. The minimum absolute atomic E-state index is 0.00873. The van der Waals surface area contributed by atoms with E-state index in [1.54, 1.807) is 17.0 Å². The van der Waals surface area contributed by atoms with Crippen LogP contribution >= 0.6 is 0 Å². The second-order valence-electron chi connectivity index (χ2n) is 5.29. The van der Waals surface area contributed by atoms with Crippen LogP contribution in [0.2, 0.25) is 0 Å². The maximum absolute atomic E-state index is 13.7. The zero-order chi connectivity index (χ0) is 13.3. The molecule has 1 aliphatic rings. The van der Waals surface area contributed by atoms with E-state index in [1.807, 2.05) is 6.92 Å². The van der Waals surface area contributed by atoms with Crippen LogP contribution in [0.5, 0.6) is 0 Å². The smallest absolute Gasteiger partial charge is 0.256 e. The molecule has 2 atom stereocenters. The Hall–Kier alpha value is -1.42. The highest BCUT2D eigenvalue weighted by Crippen LogP contribution is 2.19. The number of carbonyl (C=O) groups is 1. The van der Waals surface area contributed by atoms with Gasteiger partial charge in [0.05, 0.1) is 5.56 Å². The zero-order valence-electron chi connectivity index (χ0n) is 10.8. The molecule has 1 heterocycles. The molecule has 1 aromatic carbocycles. The molecule has 98 valence electrons. The van der Waals surface area contributed by atoms with E-state index >= 15 is 0 Å². The number of carbonyl (C=O) groups excluding carboxylic acids is 1. The van der Waals surface area contributed by atoms with E-state index in [2.05, 4.69) is 6.92 Å². The Kier molecular flexibility index (Phi) is 3.66. The molecule has 1 fully saturated rings. The van der Waals surface area contributed by atoms with Crippen molar-refractivity contribution in [3.8, 4) is 0 Å². The monoisotopic (exact) mass is 250 g/mol. The van der Waals surface area contributed by atoms with Gasteiger partial charge in [0.2, 0.25) is 0 Å². The van der Waals surface area contributed by atoms with Gasteiger partial charge in [0.15, 0.2) is 0 Å². The second-order valence-corrected chi connectivity index (χ2v) is 5.29. The highest BCUT2D eigenvalue weighted by atomic mass is 19.1. The Labute approximate surface area is 107 Å². The number of nitrogens with two attached hydrogens (primary N) is 1. The average molecular weight is 250 g/mol. The fraction of sp³-hybridized carbons (Fsp3) is 0.500. The lowest BCUT2D eigenvalue weighted by atomic mass is 9.96. The molecule has 2 N–H and O–H groups in total. The summed E-state index contributed by atoms with van der Waals surface area (Å²) in [5, 5.41) is 0. The summed E-state index contributed by atoms with van der Waals surface area (Å²) < 4.78 is 13.7. The average Bonchev–Trinajstić information content (AvgIpc) is 2.30. The van der Waals surface area contributed by atoms with Gasteiger partial charge < -0.3 is 10.6 Å². The first-order valence-electron chi connectivity index (χ1n) is 6.28. The number of piperidine rings is 1. The van der Waals surface area contributed by atoms with E-state index in [4.69, 9.17) is 5.73 Å². The number of hydrogen-bond acceptors (Lipinski definition) is 2. The van der Waals surface area contributed by atoms with Crippen LogP contribution in [-0.4, -0.2) is 29.9 Å². The van der Waals surface area contributed by atoms with Crippen molar-refractivity contribution >= 4 is 5.91 Å². The van der Waals surface area contributed by atoms with Crippen LogP contribution in [0.4, 0.5) is 4.39 Å². The van der Waals surface area contributed by atoms with Crippen molar-refractivity contribution in [1.29, 1.82) is 0 Å². The van der Waals surface area contributed by atoms with Crippen molar-refractivity contribution < 1.29 is 9.18 Å². The minimum Gasteiger partial charge on any atom is -0.337 e. The van der Waals surface area contributed by atoms with E-state index < -0.39 is 5.82 Å². The number of hydrogen-bond donors (Lipinski definition) is 1. The standard InChI is InChI=1S/C14H19FN2O/c1-9-3-4-13(15)12(6-9)14(18)17-7-10(2)5-11(16)8-17/h3-4,6,10-11H,5,7-8,16H2,1-2H3. The summed E-state index contributed by atoms with van der Waals surface area (Å²) in [6.45, 7) is 5.07. The van der Waals surface area contributed by atoms with Crippen LogP contribution < -0.4 is 5.73 Å². The van der Waals surface area contributed by atoms with Crippen molar-refractivity contribution in [2.75, 3.05) is 13.1 Å². The normalized spacial score (nSPS) is 24.1. The van der Waals surface area contributed by atoms with Crippen LogP contribution in [0.15, 0.2) is 18.2 Å². The molecule has 0 saturated carbocycles. The van der Waals surface area contributed by atoms with E-state index in [0.29, 0.717) is 19.0 Å². The Morgan fingerprint density at radius 2 is 2.17 bits per heavy atom. The van der Waals surface area contributed by atoms with Gasteiger partial charge in [-0.1, -0.05) is 18.6 Å². The quantitative estimate of drug-likeness (QED) is 0.828. The lowest BCUT2D eigenvalue weighted by Crippen LogP contribution is -2.49. The molecule has 1 saturated heterocycles. The Balaban J connectivity index is 2.22. The molecule has 1 aliphatic heterocycles. The zero-order valence-corrected chi connectivity index (χ0v) is 10.8. The van der Waals surface area contributed by atoms with Gasteiger partial charge in [-0.2, -0.15) is 0 Å². The predicted molar refractivity (Wildman–Crippen MR) is 68.8 cm³/mol. The van der Waals surface area contributed by atoms with Crippen molar-refractivity contribution in [2.45, 2.75) is 26.3 Å². The molecule has 0 aromatic heterocycles. The lowest BCUT2D eigenvalue weighted by molar-refractivity contribution is 0.0656. The Morgan fingerprint density at radius 3 is 2.83 bits per heavy atom. The van der Waals surface area contributed by atoms with E-state index in [-0.39, 0.29) is 17.5 Å². The lowest BCUT2D eigenvalue weighted by Gasteiger charge is -2.34. The molecule has 0 spiro atoms. The summed E-state index contributed by atoms with van der Waals surface area (Å²) >= 11 is 0. The van der Waals surface area contributed by atoms with Crippen molar-refractivity contribution in [3.05, 3.63) is 35.1 Å². The summed E-state index contributed by atoms with van der Waals surface area (Å²) in [5.41, 5.74) is 6.94. The van der Waals surface area contributed by atoms with E-state index in [1.165, 1.54) is 6.07 Å². The number of aryl methyl sites for hydroxylation is 1. The molecular weight excluding hydrogens is 231 g/mol. The molecule has 18 heavy (non-hydrogen) atoms. The summed E-state index contributed by atoms with van der Waals surface area (Å²) in [5.74, 6) is -0.346. The molecule has 3 nitrogen and oxygen atoms in total. The van der Waals surface area contributed by atoms with Gasteiger partial charge in [-0.05, 0) is 31.4 Å². The minimum atomic E-state index is -0.461. The molecule has 0 aliphatic carbocycles. The first-order valence-corrected chi connectivity index (χ1v) is 6.28. The molecule has 0 bridgehead atoms. The molecule has 1 amide bonds. The maximum atomic E-state index is 13.7. The fourth-order valence-corrected chi connectivity index (χ4v) is 2.54. The summed E-state index contributed by atoms with van der Waals surface area (Å²) in [6, 6.07) is 4.60. The van der Waals surface area contributed by atoms with Crippen LogP contribution in [0, 0.1) is 18.7 Å². The molecule has 0 radical (unpaired) electrons. The van der Waals surface area contributed by atoms with Gasteiger partial charge >= 0.3 is 0 Å². The third kappa shape index (κ3) is 2.70. The highest BCUT2D eigenvalue weighted by molar-refractivity contribution is 5.94. The van der Waals surface area contributed by atoms with Gasteiger partial charge in [0, 0.05) is 19.1 Å². The largest absolute Gasteiger partial charge is 0.337 e. The van der Waals surface area contributed by atoms with Crippen molar-refractivity contribution in [1.82, 2.24) is 4.90 Å². The van der Waals surface area contributed by atoms with Crippen molar-refractivity contribution in [2.24, 2.45) is 11.7 Å².